The number of benzene rings is 2. The fourth-order valence-electron chi connectivity index (χ4n) is 3.06. The number of rotatable bonds is 9. The summed E-state index contributed by atoms with van der Waals surface area (Å²) < 4.78 is 0. The minimum absolute atomic E-state index is 0.0140. The molecule has 2 aromatic carbocycles. The van der Waals surface area contributed by atoms with E-state index in [1.807, 2.05) is 88.6 Å². The summed E-state index contributed by atoms with van der Waals surface area (Å²) in [5, 5.41) is 21.2. The Morgan fingerprint density at radius 3 is 1.27 bits per heavy atom. The first-order valence-corrected chi connectivity index (χ1v) is 9.28. The molecular weight excluding hydrogens is 324 g/mol. The Hall–Kier alpha value is -1.72. The molecule has 0 bridgehead atoms. The zero-order valence-corrected chi connectivity index (χ0v) is 16.3. The number of hydrogen-bond donors (Lipinski definition) is 2. The van der Waals surface area contributed by atoms with Crippen molar-refractivity contribution in [3.05, 3.63) is 71.8 Å². The topological polar surface area (TPSA) is 46.9 Å². The number of nitrogens with zero attached hydrogens (tertiary/aromatic N) is 2. The van der Waals surface area contributed by atoms with Crippen molar-refractivity contribution in [3.63, 3.8) is 0 Å². The van der Waals surface area contributed by atoms with Crippen LogP contribution in [0.1, 0.15) is 37.2 Å². The van der Waals surface area contributed by atoms with Gasteiger partial charge in [0.25, 0.3) is 0 Å². The third-order valence-corrected chi connectivity index (χ3v) is 5.39. The molecule has 0 saturated carbocycles. The Morgan fingerprint density at radius 1 is 0.654 bits per heavy atom. The van der Waals surface area contributed by atoms with Gasteiger partial charge >= 0.3 is 0 Å². The SMILES string of the molecule is CC(C(O)c1ccccc1)N(C)CCN(C)C(C)C(O)c1ccccc1. The number of aliphatic hydroxyl groups excluding tert-OH is 2. The molecular formula is C22H32N2O2. The van der Waals surface area contributed by atoms with Crippen LogP contribution < -0.4 is 0 Å². The van der Waals surface area contributed by atoms with Gasteiger partial charge in [-0.2, -0.15) is 0 Å². The minimum atomic E-state index is -0.515. The number of aliphatic hydroxyl groups is 2. The highest BCUT2D eigenvalue weighted by atomic mass is 16.3. The van der Waals surface area contributed by atoms with Gasteiger partial charge in [-0.3, -0.25) is 9.80 Å². The van der Waals surface area contributed by atoms with Gasteiger partial charge in [0.15, 0.2) is 0 Å². The van der Waals surface area contributed by atoms with Gasteiger partial charge < -0.3 is 10.2 Å². The third-order valence-electron chi connectivity index (χ3n) is 5.39. The molecule has 0 aliphatic rings. The third kappa shape index (κ3) is 5.39. The van der Waals surface area contributed by atoms with E-state index in [-0.39, 0.29) is 12.1 Å². The van der Waals surface area contributed by atoms with Crippen LogP contribution in [0, 0.1) is 0 Å². The van der Waals surface area contributed by atoms with Crippen LogP contribution in [0.5, 0.6) is 0 Å². The maximum absolute atomic E-state index is 10.6. The maximum atomic E-state index is 10.6. The van der Waals surface area contributed by atoms with E-state index in [0.717, 1.165) is 24.2 Å². The Morgan fingerprint density at radius 2 is 0.962 bits per heavy atom. The first kappa shape index (κ1) is 20.6. The second-order valence-corrected chi connectivity index (χ2v) is 7.15. The molecule has 26 heavy (non-hydrogen) atoms. The van der Waals surface area contributed by atoms with Gasteiger partial charge in [0, 0.05) is 25.2 Å². The maximum Gasteiger partial charge on any atom is 0.0942 e. The van der Waals surface area contributed by atoms with Crippen LogP contribution in [-0.4, -0.2) is 59.3 Å². The largest absolute Gasteiger partial charge is 0.387 e. The molecule has 0 aliphatic heterocycles. The molecule has 4 heteroatoms. The van der Waals surface area contributed by atoms with Gasteiger partial charge in [-0.15, -0.1) is 0 Å². The normalized spacial score (nSPS) is 16.5. The zero-order chi connectivity index (χ0) is 19.1. The molecule has 4 atom stereocenters. The standard InChI is InChI=1S/C22H32N2O2/c1-17(21(25)19-11-7-5-8-12-19)23(3)15-16-24(4)18(2)22(26)20-13-9-6-10-14-20/h5-14,17-18,21-22,25-26H,15-16H2,1-4H3. The fourth-order valence-corrected chi connectivity index (χ4v) is 3.06. The highest BCUT2D eigenvalue weighted by Gasteiger charge is 2.23. The van der Waals surface area contributed by atoms with Crippen LogP contribution in [0.3, 0.4) is 0 Å². The summed E-state index contributed by atoms with van der Waals surface area (Å²) in [5.41, 5.74) is 1.88. The first-order valence-electron chi connectivity index (χ1n) is 9.28. The van der Waals surface area contributed by atoms with E-state index in [0.29, 0.717) is 0 Å². The molecule has 2 aromatic rings. The molecule has 0 spiro atoms. The first-order chi connectivity index (χ1) is 12.4. The molecule has 0 fully saturated rings. The van der Waals surface area contributed by atoms with Crippen LogP contribution in [0.2, 0.25) is 0 Å². The summed E-state index contributed by atoms with van der Waals surface area (Å²) in [6.07, 6.45) is -1.03. The number of hydrogen-bond acceptors (Lipinski definition) is 4. The predicted octanol–water partition coefficient (Wildman–Crippen LogP) is 3.09. The molecule has 142 valence electrons. The second kappa shape index (κ2) is 9.83. The molecule has 0 heterocycles. The Labute approximate surface area is 157 Å². The summed E-state index contributed by atoms with van der Waals surface area (Å²) in [5.74, 6) is 0. The quantitative estimate of drug-likeness (QED) is 0.725. The molecule has 2 rings (SSSR count). The summed E-state index contributed by atoms with van der Waals surface area (Å²) in [4.78, 5) is 4.32. The predicted molar refractivity (Wildman–Crippen MR) is 107 cm³/mol. The van der Waals surface area contributed by atoms with Gasteiger partial charge in [-0.05, 0) is 39.1 Å². The van der Waals surface area contributed by atoms with E-state index in [1.165, 1.54) is 0 Å². The van der Waals surface area contributed by atoms with E-state index >= 15 is 0 Å². The van der Waals surface area contributed by atoms with E-state index in [1.54, 1.807) is 0 Å². The average Bonchev–Trinajstić information content (AvgIpc) is 2.70. The van der Waals surface area contributed by atoms with E-state index in [2.05, 4.69) is 9.80 Å². The van der Waals surface area contributed by atoms with Crippen molar-refractivity contribution in [2.24, 2.45) is 0 Å². The lowest BCUT2D eigenvalue weighted by Crippen LogP contribution is -2.42. The van der Waals surface area contributed by atoms with Crippen LogP contribution in [0.25, 0.3) is 0 Å². The second-order valence-electron chi connectivity index (χ2n) is 7.15. The van der Waals surface area contributed by atoms with Crippen molar-refractivity contribution < 1.29 is 10.2 Å². The van der Waals surface area contributed by atoms with Crippen LogP contribution in [0.15, 0.2) is 60.7 Å². The molecule has 0 radical (unpaired) electrons. The van der Waals surface area contributed by atoms with Crippen molar-refractivity contribution in [1.29, 1.82) is 0 Å². The monoisotopic (exact) mass is 356 g/mol. The highest BCUT2D eigenvalue weighted by molar-refractivity contribution is 5.19. The summed E-state index contributed by atoms with van der Waals surface area (Å²) >= 11 is 0. The lowest BCUT2D eigenvalue weighted by atomic mass is 10.0. The Kier molecular flexibility index (Phi) is 7.79. The molecule has 2 N–H and O–H groups in total. The molecule has 4 nitrogen and oxygen atoms in total. The van der Waals surface area contributed by atoms with Crippen molar-refractivity contribution >= 4 is 0 Å². The summed E-state index contributed by atoms with van der Waals surface area (Å²) in [7, 11) is 4.06. The van der Waals surface area contributed by atoms with Crippen LogP contribution in [-0.2, 0) is 0 Å². The van der Waals surface area contributed by atoms with Crippen molar-refractivity contribution in [1.82, 2.24) is 9.80 Å². The van der Waals surface area contributed by atoms with Gasteiger partial charge in [0.1, 0.15) is 0 Å². The number of likely N-dealkylation sites (N-methyl/N-ethyl adjacent to an activating group) is 2. The molecule has 0 aliphatic carbocycles. The van der Waals surface area contributed by atoms with Crippen molar-refractivity contribution in [2.75, 3.05) is 27.2 Å². The Balaban J connectivity index is 1.86. The average molecular weight is 357 g/mol. The fraction of sp³-hybridized carbons (Fsp3) is 0.455. The molecule has 0 amide bonds. The lowest BCUT2D eigenvalue weighted by Gasteiger charge is -2.33. The van der Waals surface area contributed by atoms with Gasteiger partial charge in [0.05, 0.1) is 12.2 Å². The molecule has 0 aromatic heterocycles. The summed E-state index contributed by atoms with van der Waals surface area (Å²) in [6, 6.07) is 19.6. The lowest BCUT2D eigenvalue weighted by molar-refractivity contribution is 0.0466. The van der Waals surface area contributed by atoms with E-state index in [4.69, 9.17) is 0 Å². The molecule has 0 saturated heterocycles. The van der Waals surface area contributed by atoms with Crippen molar-refractivity contribution in [3.8, 4) is 0 Å². The zero-order valence-electron chi connectivity index (χ0n) is 16.3. The van der Waals surface area contributed by atoms with Crippen LogP contribution in [0.4, 0.5) is 0 Å². The minimum Gasteiger partial charge on any atom is -0.387 e. The van der Waals surface area contributed by atoms with Crippen LogP contribution >= 0.6 is 0 Å². The van der Waals surface area contributed by atoms with E-state index < -0.39 is 12.2 Å². The van der Waals surface area contributed by atoms with Gasteiger partial charge in [-0.25, -0.2) is 0 Å². The van der Waals surface area contributed by atoms with Crippen molar-refractivity contribution in [2.45, 2.75) is 38.1 Å². The molecule has 4 unspecified atom stereocenters. The summed E-state index contributed by atoms with van der Waals surface area (Å²) in [6.45, 7) is 5.71. The Bertz CT molecular complexity index is 578. The smallest absolute Gasteiger partial charge is 0.0942 e. The van der Waals surface area contributed by atoms with Gasteiger partial charge in [0.2, 0.25) is 0 Å². The van der Waals surface area contributed by atoms with Gasteiger partial charge in [-0.1, -0.05) is 60.7 Å². The van der Waals surface area contributed by atoms with E-state index in [9.17, 15) is 10.2 Å². The highest BCUT2D eigenvalue weighted by Crippen LogP contribution is 2.21.